The van der Waals surface area contributed by atoms with Gasteiger partial charge >= 0.3 is 0 Å². The molecular formula is C46H54N2O2S2. The van der Waals surface area contributed by atoms with Crippen LogP contribution in [0.5, 0.6) is 0 Å². The molecule has 0 bridgehead atoms. The summed E-state index contributed by atoms with van der Waals surface area (Å²) in [7, 11) is 0. The average molecular weight is 731 g/mol. The Morgan fingerprint density at radius 2 is 1.25 bits per heavy atom. The number of benzene rings is 3. The molecule has 0 atom stereocenters. The number of nitro benzene ring substituents is 1. The number of rotatable bonds is 20. The third-order valence-corrected chi connectivity index (χ3v) is 13.1. The van der Waals surface area contributed by atoms with E-state index in [2.05, 4.69) is 74.2 Å². The molecule has 0 N–H and O–H groups in total. The summed E-state index contributed by atoms with van der Waals surface area (Å²) in [5.74, 6) is 6.98. The number of nitro groups is 1. The van der Waals surface area contributed by atoms with Gasteiger partial charge in [-0.15, -0.1) is 22.7 Å². The van der Waals surface area contributed by atoms with Gasteiger partial charge in [0.15, 0.2) is 0 Å². The van der Waals surface area contributed by atoms with Gasteiger partial charge in [-0.1, -0.05) is 147 Å². The summed E-state index contributed by atoms with van der Waals surface area (Å²) in [5, 5.41) is 13.1. The molecule has 2 heterocycles. The molecule has 52 heavy (non-hydrogen) atoms. The molecule has 1 aliphatic carbocycles. The molecule has 0 aliphatic heterocycles. The first-order chi connectivity index (χ1) is 25.5. The Labute approximate surface area is 319 Å². The number of nitrogens with zero attached hydrogens (tertiary/aromatic N) is 2. The van der Waals surface area contributed by atoms with Gasteiger partial charge in [0.25, 0.3) is 5.69 Å². The van der Waals surface area contributed by atoms with Gasteiger partial charge in [-0.05, 0) is 77.6 Å². The van der Waals surface area contributed by atoms with Crippen LogP contribution < -0.4 is 0 Å². The van der Waals surface area contributed by atoms with E-state index in [1.54, 1.807) is 28.7 Å². The van der Waals surface area contributed by atoms with E-state index in [1.165, 1.54) is 106 Å². The molecule has 0 amide bonds. The number of hydrogen-bond acceptors (Lipinski definition) is 5. The van der Waals surface area contributed by atoms with E-state index in [4.69, 9.17) is 4.98 Å². The molecule has 2 aromatic heterocycles. The maximum absolute atomic E-state index is 12.1. The minimum atomic E-state index is -0.234. The van der Waals surface area contributed by atoms with Crippen LogP contribution in [0.3, 0.4) is 0 Å². The van der Waals surface area contributed by atoms with Crippen molar-refractivity contribution >= 4 is 38.6 Å². The predicted octanol–water partition coefficient (Wildman–Crippen LogP) is 14.7. The molecule has 272 valence electrons. The van der Waals surface area contributed by atoms with Crippen LogP contribution in [0.2, 0.25) is 0 Å². The second-order valence-corrected chi connectivity index (χ2v) is 16.8. The monoisotopic (exact) mass is 730 g/mol. The molecule has 0 spiro atoms. The molecule has 0 saturated carbocycles. The Morgan fingerprint density at radius 1 is 0.654 bits per heavy atom. The van der Waals surface area contributed by atoms with Crippen LogP contribution in [0.4, 0.5) is 5.69 Å². The molecule has 0 saturated heterocycles. The summed E-state index contributed by atoms with van der Waals surface area (Å²) >= 11 is 3.42. The number of thiazole rings is 1. The van der Waals surface area contributed by atoms with Crippen LogP contribution in [0.1, 0.15) is 151 Å². The first-order valence-corrected chi connectivity index (χ1v) is 21.6. The molecule has 1 aliphatic rings. The SMILES string of the molecule is CCCCCCCCCCC1(CCCCCCCCCC)c2cc(C#Cc3ccc(-c4nc5ccccc5s4)s3)ccc2-c2ccc([N+](=O)[O-])cc21. The average Bonchev–Trinajstić information content (AvgIpc) is 3.88. The lowest BCUT2D eigenvalue weighted by atomic mass is 9.70. The molecule has 3 aromatic carbocycles. The molecule has 6 rings (SSSR count). The lowest BCUT2D eigenvalue weighted by Crippen LogP contribution is -2.26. The highest BCUT2D eigenvalue weighted by atomic mass is 32.1. The minimum absolute atomic E-state index is 0.199. The fourth-order valence-electron chi connectivity index (χ4n) is 8.09. The Balaban J connectivity index is 1.27. The molecule has 0 radical (unpaired) electrons. The summed E-state index contributed by atoms with van der Waals surface area (Å²) in [6.07, 6.45) is 22.4. The minimum Gasteiger partial charge on any atom is -0.258 e. The highest BCUT2D eigenvalue weighted by Gasteiger charge is 2.43. The molecule has 4 nitrogen and oxygen atoms in total. The van der Waals surface area contributed by atoms with Crippen LogP contribution in [0, 0.1) is 22.0 Å². The molecule has 6 heteroatoms. The highest BCUT2D eigenvalue weighted by molar-refractivity contribution is 7.25. The summed E-state index contributed by atoms with van der Waals surface area (Å²) < 4.78 is 1.20. The van der Waals surface area contributed by atoms with E-state index in [0.29, 0.717) is 0 Å². The van der Waals surface area contributed by atoms with Crippen molar-refractivity contribution in [1.82, 2.24) is 4.98 Å². The molecule has 5 aromatic rings. The van der Waals surface area contributed by atoms with Crippen molar-refractivity contribution in [3.63, 3.8) is 0 Å². The first-order valence-electron chi connectivity index (χ1n) is 19.9. The maximum atomic E-state index is 12.1. The molecule has 0 fully saturated rings. The molecular weight excluding hydrogens is 677 g/mol. The number of non-ortho nitro benzene ring substituents is 1. The predicted molar refractivity (Wildman–Crippen MR) is 223 cm³/mol. The normalized spacial score (nSPS) is 12.8. The Kier molecular flexibility index (Phi) is 13.7. The fourth-order valence-corrected chi connectivity index (χ4v) is 9.97. The number of fused-ring (bicyclic) bond motifs is 4. The van der Waals surface area contributed by atoms with E-state index in [9.17, 15) is 10.1 Å². The third-order valence-electron chi connectivity index (χ3n) is 10.9. The first kappa shape index (κ1) is 38.0. The number of para-hydroxylation sites is 1. The third kappa shape index (κ3) is 9.22. The Morgan fingerprint density at radius 3 is 1.88 bits per heavy atom. The van der Waals surface area contributed by atoms with Crippen molar-refractivity contribution in [3.8, 4) is 32.9 Å². The van der Waals surface area contributed by atoms with Gasteiger partial charge in [0.2, 0.25) is 0 Å². The second kappa shape index (κ2) is 18.8. The Hall–Kier alpha value is -3.79. The van der Waals surface area contributed by atoms with Crippen molar-refractivity contribution in [2.24, 2.45) is 0 Å². The lowest BCUT2D eigenvalue weighted by molar-refractivity contribution is -0.384. The van der Waals surface area contributed by atoms with Crippen LogP contribution >= 0.6 is 22.7 Å². The summed E-state index contributed by atoms with van der Waals surface area (Å²) in [6, 6.07) is 24.8. The number of hydrogen-bond donors (Lipinski definition) is 0. The fraction of sp³-hybridized carbons (Fsp3) is 0.457. The standard InChI is InChI=1S/C46H54N2O2S2/c1-3-5-7-9-11-13-15-19-31-46(32-20-16-14-12-10-8-6-4-2)40-33-35(24-28-38(40)39-29-25-36(48(49)50)34-41(39)46)23-26-37-27-30-44(51-37)45-47-42-21-17-18-22-43(42)52-45/h17-18,21-22,24-25,27-30,33-34H,3-16,19-20,31-32H2,1-2H3. The van der Waals surface area contributed by atoms with E-state index in [-0.39, 0.29) is 16.0 Å². The van der Waals surface area contributed by atoms with Crippen LogP contribution in [0.25, 0.3) is 31.2 Å². The summed E-state index contributed by atoms with van der Waals surface area (Å²) in [5.41, 5.74) is 6.88. The topological polar surface area (TPSA) is 56.0 Å². The number of aromatic nitrogens is 1. The zero-order valence-corrected chi connectivity index (χ0v) is 32.8. The highest BCUT2D eigenvalue weighted by Crippen LogP contribution is 2.55. The lowest BCUT2D eigenvalue weighted by Gasteiger charge is -2.33. The number of thiophene rings is 1. The van der Waals surface area contributed by atoms with Crippen molar-refractivity contribution in [1.29, 1.82) is 0 Å². The van der Waals surface area contributed by atoms with Gasteiger partial charge < -0.3 is 0 Å². The second-order valence-electron chi connectivity index (χ2n) is 14.7. The maximum Gasteiger partial charge on any atom is 0.269 e. The van der Waals surface area contributed by atoms with E-state index in [1.807, 2.05) is 18.2 Å². The Bertz CT molecular complexity index is 1940. The summed E-state index contributed by atoms with van der Waals surface area (Å²) in [6.45, 7) is 4.54. The molecule has 0 unspecified atom stereocenters. The number of unbranched alkanes of at least 4 members (excludes halogenated alkanes) is 14. The van der Waals surface area contributed by atoms with Crippen molar-refractivity contribution in [3.05, 3.63) is 104 Å². The smallest absolute Gasteiger partial charge is 0.258 e. The van der Waals surface area contributed by atoms with E-state index < -0.39 is 0 Å². The van der Waals surface area contributed by atoms with E-state index in [0.717, 1.165) is 62.7 Å². The van der Waals surface area contributed by atoms with Crippen molar-refractivity contribution in [2.45, 2.75) is 135 Å². The van der Waals surface area contributed by atoms with Gasteiger partial charge in [0.05, 0.1) is 24.9 Å². The van der Waals surface area contributed by atoms with Crippen molar-refractivity contribution < 1.29 is 4.92 Å². The van der Waals surface area contributed by atoms with Crippen LogP contribution in [-0.4, -0.2) is 9.91 Å². The van der Waals surface area contributed by atoms with Crippen LogP contribution in [0.15, 0.2) is 72.8 Å². The largest absolute Gasteiger partial charge is 0.269 e. The van der Waals surface area contributed by atoms with Gasteiger partial charge in [-0.3, -0.25) is 10.1 Å². The van der Waals surface area contributed by atoms with Crippen molar-refractivity contribution in [2.75, 3.05) is 0 Å². The van der Waals surface area contributed by atoms with Crippen LogP contribution in [-0.2, 0) is 5.41 Å². The van der Waals surface area contributed by atoms with E-state index >= 15 is 0 Å². The van der Waals surface area contributed by atoms with Gasteiger partial charge in [0.1, 0.15) is 5.01 Å². The van der Waals surface area contributed by atoms with Gasteiger partial charge in [-0.2, -0.15) is 0 Å². The quantitative estimate of drug-likeness (QED) is 0.0347. The van der Waals surface area contributed by atoms with Gasteiger partial charge in [0, 0.05) is 23.1 Å². The van der Waals surface area contributed by atoms with Gasteiger partial charge in [-0.25, -0.2) is 4.98 Å². The zero-order chi connectivity index (χ0) is 36.2. The summed E-state index contributed by atoms with van der Waals surface area (Å²) in [4.78, 5) is 18.9. The zero-order valence-electron chi connectivity index (χ0n) is 31.2.